The first-order valence-corrected chi connectivity index (χ1v) is 11.0. The molecule has 0 saturated heterocycles. The Morgan fingerprint density at radius 2 is 1.84 bits per heavy atom. The third kappa shape index (κ3) is 10.9. The maximum atomic E-state index is 12.1. The summed E-state index contributed by atoms with van der Waals surface area (Å²) in [4.78, 5) is 4.76. The topological polar surface area (TPSA) is 82.6 Å². The van der Waals surface area contributed by atoms with Crippen LogP contribution in [0.15, 0.2) is 40.2 Å². The van der Waals surface area contributed by atoms with E-state index in [9.17, 15) is 8.42 Å². The summed E-state index contributed by atoms with van der Waals surface area (Å²) in [5, 5.41) is 6.30. The monoisotopic (exact) mass is 500 g/mol. The van der Waals surface area contributed by atoms with Crippen molar-refractivity contribution in [3.8, 4) is 0 Å². The maximum Gasteiger partial charge on any atom is 0.240 e. The second-order valence-electron chi connectivity index (χ2n) is 5.10. The molecule has 0 aromatic heterocycles. The van der Waals surface area contributed by atoms with Gasteiger partial charge in [0.25, 0.3) is 0 Å². The number of halogens is 1. The van der Waals surface area contributed by atoms with Gasteiger partial charge in [-0.15, -0.1) is 24.0 Å². The molecular formula is C16H29IN4O2S2. The lowest BCUT2D eigenvalue weighted by atomic mass is 10.3. The summed E-state index contributed by atoms with van der Waals surface area (Å²) in [5.74, 6) is 1.88. The van der Waals surface area contributed by atoms with Crippen molar-refractivity contribution < 1.29 is 8.42 Å². The molecule has 0 saturated carbocycles. The Morgan fingerprint density at radius 3 is 2.48 bits per heavy atom. The highest BCUT2D eigenvalue weighted by Gasteiger charge is 2.11. The predicted molar refractivity (Wildman–Crippen MR) is 119 cm³/mol. The summed E-state index contributed by atoms with van der Waals surface area (Å²) in [5.41, 5.74) is 0. The fraction of sp³-hybridized carbons (Fsp3) is 0.562. The van der Waals surface area contributed by atoms with Gasteiger partial charge in [0.15, 0.2) is 5.96 Å². The van der Waals surface area contributed by atoms with Crippen LogP contribution in [0, 0.1) is 0 Å². The number of thioether (sulfide) groups is 1. The van der Waals surface area contributed by atoms with E-state index < -0.39 is 10.0 Å². The van der Waals surface area contributed by atoms with Crippen molar-refractivity contribution in [2.75, 3.05) is 38.2 Å². The Hall–Kier alpha value is -0.520. The van der Waals surface area contributed by atoms with Crippen LogP contribution in [0.2, 0.25) is 0 Å². The van der Waals surface area contributed by atoms with Gasteiger partial charge in [0, 0.05) is 26.2 Å². The van der Waals surface area contributed by atoms with E-state index in [0.717, 1.165) is 37.6 Å². The molecule has 0 radical (unpaired) electrons. The van der Waals surface area contributed by atoms with Crippen molar-refractivity contribution in [3.05, 3.63) is 30.3 Å². The van der Waals surface area contributed by atoms with E-state index in [0.29, 0.717) is 13.1 Å². The molecule has 6 nitrogen and oxygen atoms in total. The van der Waals surface area contributed by atoms with Gasteiger partial charge in [-0.25, -0.2) is 13.1 Å². The van der Waals surface area contributed by atoms with Gasteiger partial charge in [-0.3, -0.25) is 4.99 Å². The Bertz CT molecular complexity index is 583. The molecule has 0 heterocycles. The standard InChI is InChI=1S/C16H28N4O2S2.HI/c1-3-17-16(18-11-7-8-14-23-2)19-12-13-20-24(21,22)15-9-5-4-6-10-15;/h4-6,9-10,20H,3,7-8,11-14H2,1-2H3,(H2,17,18,19);1H. The smallest absolute Gasteiger partial charge is 0.240 e. The molecule has 0 aliphatic carbocycles. The van der Waals surface area contributed by atoms with Gasteiger partial charge in [0.05, 0.1) is 4.90 Å². The second-order valence-corrected chi connectivity index (χ2v) is 7.85. The first kappa shape index (κ1) is 24.5. The van der Waals surface area contributed by atoms with Crippen LogP contribution in [0.3, 0.4) is 0 Å². The van der Waals surface area contributed by atoms with E-state index in [1.54, 1.807) is 30.3 Å². The number of benzene rings is 1. The van der Waals surface area contributed by atoms with Crippen molar-refractivity contribution >= 4 is 51.7 Å². The van der Waals surface area contributed by atoms with E-state index in [-0.39, 0.29) is 28.9 Å². The summed E-state index contributed by atoms with van der Waals surface area (Å²) >= 11 is 1.84. The van der Waals surface area contributed by atoms with Gasteiger partial charge in [0.1, 0.15) is 0 Å². The summed E-state index contributed by atoms with van der Waals surface area (Å²) in [6.45, 7) is 4.32. The number of hydrogen-bond acceptors (Lipinski definition) is 4. The van der Waals surface area contributed by atoms with Crippen LogP contribution >= 0.6 is 35.7 Å². The van der Waals surface area contributed by atoms with Crippen LogP contribution in [0.25, 0.3) is 0 Å². The zero-order chi connectivity index (χ0) is 17.7. The number of guanidine groups is 1. The van der Waals surface area contributed by atoms with Crippen LogP contribution in [0.1, 0.15) is 19.8 Å². The molecule has 1 aromatic rings. The molecule has 144 valence electrons. The van der Waals surface area contributed by atoms with E-state index in [4.69, 9.17) is 0 Å². The zero-order valence-corrected chi connectivity index (χ0v) is 18.8. The molecule has 0 bridgehead atoms. The second kappa shape index (κ2) is 14.6. The average Bonchev–Trinajstić information content (AvgIpc) is 2.59. The van der Waals surface area contributed by atoms with E-state index in [2.05, 4.69) is 26.6 Å². The van der Waals surface area contributed by atoms with Gasteiger partial charge in [-0.05, 0) is 43.9 Å². The number of nitrogens with zero attached hydrogens (tertiary/aromatic N) is 1. The van der Waals surface area contributed by atoms with E-state index in [1.807, 2.05) is 18.7 Å². The lowest BCUT2D eigenvalue weighted by Crippen LogP contribution is -2.41. The van der Waals surface area contributed by atoms with Crippen molar-refractivity contribution in [1.82, 2.24) is 15.4 Å². The van der Waals surface area contributed by atoms with Gasteiger partial charge in [-0.1, -0.05) is 18.2 Å². The third-order valence-corrected chi connectivity index (χ3v) is 5.31. The highest BCUT2D eigenvalue weighted by atomic mass is 127. The van der Waals surface area contributed by atoms with Crippen molar-refractivity contribution in [2.45, 2.75) is 24.7 Å². The molecule has 0 aliphatic rings. The average molecular weight is 500 g/mol. The molecule has 1 aromatic carbocycles. The van der Waals surface area contributed by atoms with Crippen molar-refractivity contribution in [1.29, 1.82) is 0 Å². The molecule has 0 amide bonds. The number of hydrogen-bond donors (Lipinski definition) is 3. The summed E-state index contributed by atoms with van der Waals surface area (Å²) in [6, 6.07) is 8.37. The minimum Gasteiger partial charge on any atom is -0.357 e. The Morgan fingerprint density at radius 1 is 1.12 bits per heavy atom. The summed E-state index contributed by atoms with van der Waals surface area (Å²) < 4.78 is 26.8. The first-order valence-electron chi connectivity index (χ1n) is 8.16. The SMILES string of the molecule is CCNC(=NCCCCSC)NCCNS(=O)(=O)c1ccccc1.I. The molecule has 3 N–H and O–H groups in total. The Kier molecular flexibility index (Phi) is 14.3. The lowest BCUT2D eigenvalue weighted by molar-refractivity contribution is 0.580. The van der Waals surface area contributed by atoms with Gasteiger partial charge >= 0.3 is 0 Å². The molecule has 0 aliphatic heterocycles. The molecule has 0 spiro atoms. The Labute approximate surface area is 173 Å². The predicted octanol–water partition coefficient (Wildman–Crippen LogP) is 2.28. The lowest BCUT2D eigenvalue weighted by Gasteiger charge is -2.12. The zero-order valence-electron chi connectivity index (χ0n) is 14.8. The number of sulfonamides is 1. The minimum absolute atomic E-state index is 0. The van der Waals surface area contributed by atoms with Crippen LogP contribution in [0.4, 0.5) is 0 Å². The fourth-order valence-corrected chi connectivity index (χ4v) is 3.49. The Balaban J connectivity index is 0.00000576. The van der Waals surface area contributed by atoms with E-state index >= 15 is 0 Å². The van der Waals surface area contributed by atoms with Crippen LogP contribution < -0.4 is 15.4 Å². The number of unbranched alkanes of at least 4 members (excludes halogenated alkanes) is 1. The van der Waals surface area contributed by atoms with Crippen molar-refractivity contribution in [3.63, 3.8) is 0 Å². The fourth-order valence-electron chi connectivity index (χ4n) is 1.94. The molecule has 9 heteroatoms. The summed E-state index contributed by atoms with van der Waals surface area (Å²) in [7, 11) is -3.45. The first-order chi connectivity index (χ1) is 11.6. The number of nitrogens with one attached hydrogen (secondary N) is 3. The number of rotatable bonds is 11. The van der Waals surface area contributed by atoms with Crippen LogP contribution in [-0.2, 0) is 10.0 Å². The van der Waals surface area contributed by atoms with Gasteiger partial charge < -0.3 is 10.6 Å². The summed E-state index contributed by atoms with van der Waals surface area (Å²) in [6.07, 6.45) is 4.31. The minimum atomic E-state index is -3.45. The van der Waals surface area contributed by atoms with Crippen LogP contribution in [-0.4, -0.2) is 52.6 Å². The highest BCUT2D eigenvalue weighted by molar-refractivity contribution is 14.0. The van der Waals surface area contributed by atoms with Gasteiger partial charge in [-0.2, -0.15) is 11.8 Å². The van der Waals surface area contributed by atoms with Gasteiger partial charge in [0.2, 0.25) is 10.0 Å². The van der Waals surface area contributed by atoms with E-state index in [1.165, 1.54) is 0 Å². The molecule has 0 atom stereocenters. The normalized spacial score (nSPS) is 11.7. The highest BCUT2D eigenvalue weighted by Crippen LogP contribution is 2.06. The third-order valence-electron chi connectivity index (χ3n) is 3.13. The molecular weight excluding hydrogens is 471 g/mol. The molecule has 25 heavy (non-hydrogen) atoms. The molecule has 0 fully saturated rings. The molecule has 1 rings (SSSR count). The molecule has 0 unspecified atom stereocenters. The maximum absolute atomic E-state index is 12.1. The van der Waals surface area contributed by atoms with Crippen molar-refractivity contribution in [2.24, 2.45) is 4.99 Å². The largest absolute Gasteiger partial charge is 0.357 e. The van der Waals surface area contributed by atoms with Crippen LogP contribution in [0.5, 0.6) is 0 Å². The number of aliphatic imine (C=N–C) groups is 1. The quantitative estimate of drug-likeness (QED) is 0.188.